The normalized spacial score (nSPS) is 16.5. The molecule has 128 valence electrons. The molecule has 0 spiro atoms. The van der Waals surface area contributed by atoms with Crippen molar-refractivity contribution in [1.82, 2.24) is 10.6 Å². The molecular weight excluding hydrogens is 286 g/mol. The number of carboxylic acids is 1. The number of amides is 2. The monoisotopic (exact) mass is 315 g/mol. The summed E-state index contributed by atoms with van der Waals surface area (Å²) in [5.41, 5.74) is 5.86. The maximum absolute atomic E-state index is 12.2. The van der Waals surface area contributed by atoms with Gasteiger partial charge in [-0.3, -0.25) is 14.4 Å². The smallest absolute Gasteiger partial charge is 0.325 e. The lowest BCUT2D eigenvalue weighted by Gasteiger charge is -2.24. The largest absolute Gasteiger partial charge is 0.480 e. The first-order valence-corrected chi connectivity index (χ1v) is 7.69. The number of nitrogens with one attached hydrogen (secondary N) is 2. The predicted octanol–water partition coefficient (Wildman–Crippen LogP) is 0.480. The highest BCUT2D eigenvalue weighted by molar-refractivity contribution is 5.91. The van der Waals surface area contributed by atoms with Crippen LogP contribution in [0.5, 0.6) is 0 Å². The van der Waals surface area contributed by atoms with Crippen LogP contribution in [0, 0.1) is 11.8 Å². The van der Waals surface area contributed by atoms with E-state index in [9.17, 15) is 14.4 Å². The van der Waals surface area contributed by atoms with Gasteiger partial charge in [-0.25, -0.2) is 0 Å². The van der Waals surface area contributed by atoms with Gasteiger partial charge in [-0.1, -0.05) is 34.1 Å². The molecule has 0 fully saturated rings. The van der Waals surface area contributed by atoms with Gasteiger partial charge in [0.2, 0.25) is 11.8 Å². The van der Waals surface area contributed by atoms with E-state index in [4.69, 9.17) is 10.8 Å². The van der Waals surface area contributed by atoms with Gasteiger partial charge in [0.1, 0.15) is 12.1 Å². The van der Waals surface area contributed by atoms with E-state index in [1.807, 2.05) is 27.7 Å². The Kier molecular flexibility index (Phi) is 8.70. The molecule has 2 amide bonds. The van der Waals surface area contributed by atoms with Crippen molar-refractivity contribution in [2.75, 3.05) is 0 Å². The van der Waals surface area contributed by atoms with E-state index >= 15 is 0 Å². The minimum atomic E-state index is -1.13. The fourth-order valence-corrected chi connectivity index (χ4v) is 1.86. The maximum atomic E-state index is 12.2. The third kappa shape index (κ3) is 6.89. The van der Waals surface area contributed by atoms with Crippen molar-refractivity contribution in [2.45, 2.75) is 65.6 Å². The number of carbonyl (C=O) groups is 3. The van der Waals surface area contributed by atoms with Crippen LogP contribution in [-0.2, 0) is 14.4 Å². The van der Waals surface area contributed by atoms with Gasteiger partial charge in [-0.2, -0.15) is 0 Å². The lowest BCUT2D eigenvalue weighted by atomic mass is 9.97. The van der Waals surface area contributed by atoms with Crippen LogP contribution in [0.25, 0.3) is 0 Å². The Morgan fingerprint density at radius 3 is 2.00 bits per heavy atom. The number of aliphatic carboxylic acids is 1. The third-order valence-corrected chi connectivity index (χ3v) is 3.63. The van der Waals surface area contributed by atoms with Crippen LogP contribution < -0.4 is 16.4 Å². The molecule has 0 rings (SSSR count). The highest BCUT2D eigenvalue weighted by Crippen LogP contribution is 2.09. The average molecular weight is 315 g/mol. The van der Waals surface area contributed by atoms with Crippen LogP contribution >= 0.6 is 0 Å². The number of carboxylic acid groups (broad SMARTS) is 1. The Morgan fingerprint density at radius 1 is 1.05 bits per heavy atom. The summed E-state index contributed by atoms with van der Waals surface area (Å²) >= 11 is 0. The molecule has 0 aliphatic rings. The molecule has 0 heterocycles. The van der Waals surface area contributed by atoms with Gasteiger partial charge < -0.3 is 21.5 Å². The van der Waals surface area contributed by atoms with Crippen molar-refractivity contribution in [3.05, 3.63) is 0 Å². The van der Waals surface area contributed by atoms with E-state index in [0.29, 0.717) is 6.42 Å². The summed E-state index contributed by atoms with van der Waals surface area (Å²) < 4.78 is 0. The van der Waals surface area contributed by atoms with Crippen molar-refractivity contribution < 1.29 is 19.5 Å². The van der Waals surface area contributed by atoms with E-state index in [1.165, 1.54) is 6.92 Å². The summed E-state index contributed by atoms with van der Waals surface area (Å²) in [5.74, 6) is -1.86. The Hall–Kier alpha value is -1.63. The number of rotatable bonds is 9. The van der Waals surface area contributed by atoms with Crippen molar-refractivity contribution in [3.63, 3.8) is 0 Å². The SMILES string of the molecule is CC[C@H](C)[C@H](N)C(=O)N[C@@H](CC(C)C)C(=O)N[C@@H](C)C(=O)O. The van der Waals surface area contributed by atoms with Gasteiger partial charge in [0.05, 0.1) is 6.04 Å². The summed E-state index contributed by atoms with van der Waals surface area (Å²) in [6.45, 7) is 9.02. The van der Waals surface area contributed by atoms with Gasteiger partial charge in [0.15, 0.2) is 0 Å². The minimum Gasteiger partial charge on any atom is -0.480 e. The van der Waals surface area contributed by atoms with E-state index in [-0.39, 0.29) is 11.8 Å². The van der Waals surface area contributed by atoms with E-state index in [1.54, 1.807) is 0 Å². The van der Waals surface area contributed by atoms with Crippen LogP contribution in [0.4, 0.5) is 0 Å². The molecule has 4 atom stereocenters. The zero-order valence-electron chi connectivity index (χ0n) is 14.1. The molecule has 7 heteroatoms. The van der Waals surface area contributed by atoms with Crippen LogP contribution in [0.15, 0.2) is 0 Å². The number of hydrogen-bond donors (Lipinski definition) is 4. The Balaban J connectivity index is 4.87. The Morgan fingerprint density at radius 2 is 1.59 bits per heavy atom. The maximum Gasteiger partial charge on any atom is 0.325 e. The van der Waals surface area contributed by atoms with Crippen molar-refractivity contribution in [1.29, 1.82) is 0 Å². The lowest BCUT2D eigenvalue weighted by Crippen LogP contribution is -2.55. The molecule has 0 aromatic carbocycles. The summed E-state index contributed by atoms with van der Waals surface area (Å²) in [6.07, 6.45) is 1.17. The van der Waals surface area contributed by atoms with E-state index in [2.05, 4.69) is 10.6 Å². The van der Waals surface area contributed by atoms with E-state index < -0.39 is 35.9 Å². The van der Waals surface area contributed by atoms with Gasteiger partial charge in [0, 0.05) is 0 Å². The first-order valence-electron chi connectivity index (χ1n) is 7.69. The summed E-state index contributed by atoms with van der Waals surface area (Å²) in [7, 11) is 0. The molecule has 0 saturated carbocycles. The van der Waals surface area contributed by atoms with Crippen molar-refractivity contribution >= 4 is 17.8 Å². The Bertz CT molecular complexity index is 398. The van der Waals surface area contributed by atoms with E-state index in [0.717, 1.165) is 6.42 Å². The lowest BCUT2D eigenvalue weighted by molar-refractivity contribution is -0.141. The molecule has 5 N–H and O–H groups in total. The molecule has 0 aliphatic carbocycles. The summed E-state index contributed by atoms with van der Waals surface area (Å²) in [4.78, 5) is 35.1. The van der Waals surface area contributed by atoms with Crippen molar-refractivity contribution in [2.24, 2.45) is 17.6 Å². The zero-order valence-corrected chi connectivity index (χ0v) is 14.1. The average Bonchev–Trinajstić information content (AvgIpc) is 2.43. The molecule has 0 bridgehead atoms. The molecule has 0 radical (unpaired) electrons. The Labute approximate surface area is 132 Å². The number of hydrogen-bond acceptors (Lipinski definition) is 4. The van der Waals surface area contributed by atoms with Crippen molar-refractivity contribution in [3.8, 4) is 0 Å². The van der Waals surface area contributed by atoms with Crippen LogP contribution in [0.1, 0.15) is 47.5 Å². The topological polar surface area (TPSA) is 122 Å². The zero-order chi connectivity index (χ0) is 17.4. The molecule has 7 nitrogen and oxygen atoms in total. The number of carbonyl (C=O) groups excluding carboxylic acids is 2. The molecule has 0 aromatic rings. The molecule has 0 unspecified atom stereocenters. The number of nitrogens with two attached hydrogens (primary N) is 1. The minimum absolute atomic E-state index is 0.000652. The first-order chi connectivity index (χ1) is 10.1. The fraction of sp³-hybridized carbons (Fsp3) is 0.800. The van der Waals surface area contributed by atoms with Crippen LogP contribution in [0.3, 0.4) is 0 Å². The standard InChI is InChI=1S/C15H29N3O4/c1-6-9(4)12(16)14(20)18-11(7-8(2)3)13(19)17-10(5)15(21)22/h8-12H,6-7,16H2,1-5H3,(H,17,19)(H,18,20)(H,21,22)/t9-,10-,11-,12-/m0/s1. The summed E-state index contributed by atoms with van der Waals surface area (Å²) in [5, 5.41) is 13.9. The second-order valence-corrected chi connectivity index (χ2v) is 6.17. The summed E-state index contributed by atoms with van der Waals surface area (Å²) in [6, 6.07) is -2.49. The molecule has 0 aliphatic heterocycles. The third-order valence-electron chi connectivity index (χ3n) is 3.63. The van der Waals surface area contributed by atoms with Gasteiger partial charge in [-0.15, -0.1) is 0 Å². The molecule has 0 aromatic heterocycles. The predicted molar refractivity (Wildman–Crippen MR) is 84.1 cm³/mol. The first kappa shape index (κ1) is 20.4. The molecule has 22 heavy (non-hydrogen) atoms. The highest BCUT2D eigenvalue weighted by atomic mass is 16.4. The quantitative estimate of drug-likeness (QED) is 0.493. The molecule has 0 saturated heterocycles. The second kappa shape index (κ2) is 9.40. The van der Waals surface area contributed by atoms with Crippen LogP contribution in [-0.4, -0.2) is 41.0 Å². The molecular formula is C15H29N3O4. The van der Waals surface area contributed by atoms with Gasteiger partial charge >= 0.3 is 5.97 Å². The fourth-order valence-electron chi connectivity index (χ4n) is 1.86. The van der Waals surface area contributed by atoms with Gasteiger partial charge in [0.25, 0.3) is 0 Å². The van der Waals surface area contributed by atoms with Crippen LogP contribution in [0.2, 0.25) is 0 Å². The second-order valence-electron chi connectivity index (χ2n) is 6.17. The van der Waals surface area contributed by atoms with Gasteiger partial charge in [-0.05, 0) is 25.2 Å². The highest BCUT2D eigenvalue weighted by Gasteiger charge is 2.28.